The van der Waals surface area contributed by atoms with E-state index in [1.165, 1.54) is 0 Å². The van der Waals surface area contributed by atoms with Gasteiger partial charge in [0.25, 0.3) is 0 Å². The van der Waals surface area contributed by atoms with E-state index in [4.69, 9.17) is 9.47 Å². The fraction of sp³-hybridized carbons (Fsp3) is 0.333. The second-order valence-electron chi connectivity index (χ2n) is 4.94. The first-order valence-corrected chi connectivity index (χ1v) is 7.00. The van der Waals surface area contributed by atoms with Crippen LogP contribution in [0.4, 0.5) is 17.3 Å². The number of benzene rings is 1. The fourth-order valence-electron chi connectivity index (χ4n) is 1.98. The quantitative estimate of drug-likeness (QED) is 0.880. The van der Waals surface area contributed by atoms with Crippen LogP contribution in [0.5, 0.6) is 11.5 Å². The summed E-state index contributed by atoms with van der Waals surface area (Å²) in [5, 5.41) is 6.56. The standard InChI is InChI=1S/C15H18N4O2/c1-3-10(2)18-14-7-15(17-8-16-14)19-11-4-5-12-13(6-11)21-9-20-12/h4-8,10H,3,9H2,1-2H3,(H2,16,17,18,19). The van der Waals surface area contributed by atoms with Crippen molar-refractivity contribution in [3.63, 3.8) is 0 Å². The Hall–Kier alpha value is -2.50. The number of hydrogen-bond acceptors (Lipinski definition) is 6. The number of nitrogens with zero attached hydrogens (tertiary/aromatic N) is 2. The summed E-state index contributed by atoms with van der Waals surface area (Å²) in [4.78, 5) is 8.45. The van der Waals surface area contributed by atoms with Crippen molar-refractivity contribution in [3.05, 3.63) is 30.6 Å². The van der Waals surface area contributed by atoms with Crippen molar-refractivity contribution in [1.82, 2.24) is 9.97 Å². The van der Waals surface area contributed by atoms with Crippen LogP contribution in [0.1, 0.15) is 20.3 Å². The van der Waals surface area contributed by atoms with Gasteiger partial charge in [0.2, 0.25) is 6.79 Å². The van der Waals surface area contributed by atoms with Crippen LogP contribution < -0.4 is 20.1 Å². The number of ether oxygens (including phenoxy) is 2. The van der Waals surface area contributed by atoms with Crippen molar-refractivity contribution in [2.75, 3.05) is 17.4 Å². The molecule has 0 amide bonds. The number of rotatable bonds is 5. The minimum Gasteiger partial charge on any atom is -0.454 e. The summed E-state index contributed by atoms with van der Waals surface area (Å²) in [5.74, 6) is 3.05. The van der Waals surface area contributed by atoms with Crippen molar-refractivity contribution in [2.45, 2.75) is 26.3 Å². The predicted molar refractivity (Wildman–Crippen MR) is 81.3 cm³/mol. The zero-order chi connectivity index (χ0) is 14.7. The van der Waals surface area contributed by atoms with Gasteiger partial charge in [-0.05, 0) is 25.5 Å². The molecule has 2 aromatic rings. The van der Waals surface area contributed by atoms with Crippen molar-refractivity contribution in [3.8, 4) is 11.5 Å². The normalized spacial score (nSPS) is 13.8. The molecule has 1 atom stereocenters. The summed E-state index contributed by atoms with van der Waals surface area (Å²) >= 11 is 0. The number of fused-ring (bicyclic) bond motifs is 1. The fourth-order valence-corrected chi connectivity index (χ4v) is 1.98. The summed E-state index contributed by atoms with van der Waals surface area (Å²) in [6, 6.07) is 7.96. The topological polar surface area (TPSA) is 68.3 Å². The monoisotopic (exact) mass is 286 g/mol. The SMILES string of the molecule is CCC(C)Nc1cc(Nc2ccc3c(c2)OCO3)ncn1. The third kappa shape index (κ3) is 3.16. The van der Waals surface area contributed by atoms with Crippen LogP contribution in [0.15, 0.2) is 30.6 Å². The minimum atomic E-state index is 0.273. The summed E-state index contributed by atoms with van der Waals surface area (Å²) in [6.45, 7) is 4.52. The molecule has 2 heterocycles. The maximum Gasteiger partial charge on any atom is 0.231 e. The van der Waals surface area contributed by atoms with Crippen molar-refractivity contribution < 1.29 is 9.47 Å². The molecule has 6 heteroatoms. The molecule has 2 N–H and O–H groups in total. The van der Waals surface area contributed by atoms with E-state index in [0.717, 1.165) is 35.2 Å². The molecule has 1 aliphatic heterocycles. The van der Waals surface area contributed by atoms with Crippen LogP contribution in [0.2, 0.25) is 0 Å². The van der Waals surface area contributed by atoms with Gasteiger partial charge in [0.1, 0.15) is 18.0 Å². The van der Waals surface area contributed by atoms with Gasteiger partial charge < -0.3 is 20.1 Å². The Morgan fingerprint density at radius 1 is 1.14 bits per heavy atom. The molecule has 1 aromatic heterocycles. The summed E-state index contributed by atoms with van der Waals surface area (Å²) in [6.07, 6.45) is 2.58. The summed E-state index contributed by atoms with van der Waals surface area (Å²) in [5.41, 5.74) is 0.896. The highest BCUT2D eigenvalue weighted by molar-refractivity contribution is 5.63. The lowest BCUT2D eigenvalue weighted by Gasteiger charge is -2.13. The molecule has 0 saturated heterocycles. The van der Waals surface area contributed by atoms with Gasteiger partial charge >= 0.3 is 0 Å². The Bertz CT molecular complexity index is 633. The lowest BCUT2D eigenvalue weighted by Crippen LogP contribution is -2.14. The Morgan fingerprint density at radius 2 is 1.95 bits per heavy atom. The van der Waals surface area contributed by atoms with E-state index in [9.17, 15) is 0 Å². The van der Waals surface area contributed by atoms with E-state index in [-0.39, 0.29) is 6.79 Å². The molecule has 0 fully saturated rings. The van der Waals surface area contributed by atoms with Gasteiger partial charge in [0.05, 0.1) is 0 Å². The van der Waals surface area contributed by atoms with Crippen molar-refractivity contribution in [1.29, 1.82) is 0 Å². The van der Waals surface area contributed by atoms with Crippen LogP contribution >= 0.6 is 0 Å². The minimum absolute atomic E-state index is 0.273. The second kappa shape index (κ2) is 5.87. The predicted octanol–water partition coefficient (Wildman–Crippen LogP) is 3.16. The van der Waals surface area contributed by atoms with Crippen molar-refractivity contribution in [2.24, 2.45) is 0 Å². The van der Waals surface area contributed by atoms with E-state index < -0.39 is 0 Å². The third-order valence-electron chi connectivity index (χ3n) is 3.32. The van der Waals surface area contributed by atoms with Gasteiger partial charge in [-0.15, -0.1) is 0 Å². The maximum atomic E-state index is 5.36. The first-order chi connectivity index (χ1) is 10.2. The van der Waals surface area contributed by atoms with Crippen LogP contribution in [-0.2, 0) is 0 Å². The number of aromatic nitrogens is 2. The van der Waals surface area contributed by atoms with Gasteiger partial charge in [-0.1, -0.05) is 6.92 Å². The zero-order valence-electron chi connectivity index (χ0n) is 12.1. The molecule has 6 nitrogen and oxygen atoms in total. The molecule has 1 unspecified atom stereocenters. The van der Waals surface area contributed by atoms with Gasteiger partial charge in [-0.3, -0.25) is 0 Å². The van der Waals surface area contributed by atoms with Crippen LogP contribution in [0.3, 0.4) is 0 Å². The molecule has 1 aliphatic rings. The van der Waals surface area contributed by atoms with Gasteiger partial charge in [-0.2, -0.15) is 0 Å². The number of anilines is 3. The lowest BCUT2D eigenvalue weighted by molar-refractivity contribution is 0.174. The second-order valence-corrected chi connectivity index (χ2v) is 4.94. The Kier molecular flexibility index (Phi) is 3.77. The van der Waals surface area contributed by atoms with E-state index in [1.807, 2.05) is 24.3 Å². The van der Waals surface area contributed by atoms with Crippen LogP contribution in [0.25, 0.3) is 0 Å². The third-order valence-corrected chi connectivity index (χ3v) is 3.32. The van der Waals surface area contributed by atoms with Crippen LogP contribution in [-0.4, -0.2) is 22.8 Å². The van der Waals surface area contributed by atoms with Crippen LogP contribution in [0, 0.1) is 0 Å². The summed E-state index contributed by atoms with van der Waals surface area (Å²) in [7, 11) is 0. The largest absolute Gasteiger partial charge is 0.454 e. The maximum absolute atomic E-state index is 5.36. The Morgan fingerprint density at radius 3 is 2.81 bits per heavy atom. The van der Waals surface area contributed by atoms with Gasteiger partial charge in [0.15, 0.2) is 11.5 Å². The first-order valence-electron chi connectivity index (χ1n) is 7.00. The number of nitrogens with one attached hydrogen (secondary N) is 2. The molecule has 0 saturated carbocycles. The Labute approximate surface area is 123 Å². The molecule has 0 aliphatic carbocycles. The van der Waals surface area contributed by atoms with E-state index in [2.05, 4.69) is 34.4 Å². The molecule has 1 aromatic carbocycles. The molecule has 0 spiro atoms. The van der Waals surface area contributed by atoms with Crippen molar-refractivity contribution >= 4 is 17.3 Å². The van der Waals surface area contributed by atoms with Gasteiger partial charge in [-0.25, -0.2) is 9.97 Å². The summed E-state index contributed by atoms with van der Waals surface area (Å²) < 4.78 is 10.7. The highest BCUT2D eigenvalue weighted by atomic mass is 16.7. The average Bonchev–Trinajstić information content (AvgIpc) is 2.95. The van der Waals surface area contributed by atoms with E-state index >= 15 is 0 Å². The van der Waals surface area contributed by atoms with E-state index in [1.54, 1.807) is 6.33 Å². The van der Waals surface area contributed by atoms with E-state index in [0.29, 0.717) is 6.04 Å². The molecule has 21 heavy (non-hydrogen) atoms. The first kappa shape index (κ1) is 13.5. The lowest BCUT2D eigenvalue weighted by atomic mass is 10.2. The number of hydrogen-bond donors (Lipinski definition) is 2. The molecule has 0 bridgehead atoms. The smallest absolute Gasteiger partial charge is 0.231 e. The Balaban J connectivity index is 1.74. The molecule has 0 radical (unpaired) electrons. The highest BCUT2D eigenvalue weighted by Crippen LogP contribution is 2.34. The molecular formula is C15H18N4O2. The molecule has 3 rings (SSSR count). The highest BCUT2D eigenvalue weighted by Gasteiger charge is 2.13. The average molecular weight is 286 g/mol. The zero-order valence-corrected chi connectivity index (χ0v) is 12.1. The molecule has 110 valence electrons. The van der Waals surface area contributed by atoms with Gasteiger partial charge in [0, 0.05) is 23.9 Å². The molecular weight excluding hydrogens is 268 g/mol.